The maximum atomic E-state index is 12.2. The molecule has 2 amide bonds. The minimum atomic E-state index is -0.282. The molecule has 22 heavy (non-hydrogen) atoms. The summed E-state index contributed by atoms with van der Waals surface area (Å²) in [4.78, 5) is 25.8. The Labute approximate surface area is 131 Å². The van der Waals surface area contributed by atoms with Crippen molar-refractivity contribution >= 4 is 17.6 Å². The smallest absolute Gasteiger partial charge is 0.245 e. The number of amides is 2. The van der Waals surface area contributed by atoms with E-state index < -0.39 is 0 Å². The van der Waals surface area contributed by atoms with Gasteiger partial charge in [0, 0.05) is 32.7 Å². The lowest BCUT2D eigenvalue weighted by Crippen LogP contribution is -2.39. The lowest BCUT2D eigenvalue weighted by molar-refractivity contribution is -0.135. The Bertz CT molecular complexity index is 434. The van der Waals surface area contributed by atoms with E-state index in [0.29, 0.717) is 31.8 Å². The van der Waals surface area contributed by atoms with Crippen molar-refractivity contribution < 1.29 is 18.8 Å². The SMILES string of the molecule is CCCCCC(=O)N(CCCOC)CC(=O)Nc1ccon1. The number of rotatable bonds is 11. The zero-order valence-electron chi connectivity index (χ0n) is 13.3. The zero-order valence-corrected chi connectivity index (χ0v) is 13.3. The van der Waals surface area contributed by atoms with E-state index in [-0.39, 0.29) is 18.4 Å². The topological polar surface area (TPSA) is 84.7 Å². The van der Waals surface area contributed by atoms with Crippen molar-refractivity contribution in [1.82, 2.24) is 10.1 Å². The lowest BCUT2D eigenvalue weighted by atomic mass is 10.2. The highest BCUT2D eigenvalue weighted by Crippen LogP contribution is 2.06. The van der Waals surface area contributed by atoms with Crippen molar-refractivity contribution in [2.45, 2.75) is 39.0 Å². The molecule has 124 valence electrons. The van der Waals surface area contributed by atoms with Crippen LogP contribution in [0.5, 0.6) is 0 Å². The molecule has 0 fully saturated rings. The fraction of sp³-hybridized carbons (Fsp3) is 0.667. The molecule has 1 heterocycles. The molecule has 1 aromatic rings. The molecule has 0 bridgehead atoms. The normalized spacial score (nSPS) is 10.5. The Hall–Kier alpha value is -1.89. The van der Waals surface area contributed by atoms with Crippen LogP contribution >= 0.6 is 0 Å². The highest BCUT2D eigenvalue weighted by atomic mass is 16.5. The largest absolute Gasteiger partial charge is 0.385 e. The van der Waals surface area contributed by atoms with E-state index in [0.717, 1.165) is 19.3 Å². The maximum Gasteiger partial charge on any atom is 0.245 e. The first-order valence-electron chi connectivity index (χ1n) is 7.64. The summed E-state index contributed by atoms with van der Waals surface area (Å²) < 4.78 is 9.65. The summed E-state index contributed by atoms with van der Waals surface area (Å²) in [5, 5.41) is 6.21. The van der Waals surface area contributed by atoms with E-state index in [1.54, 1.807) is 18.1 Å². The van der Waals surface area contributed by atoms with Gasteiger partial charge in [-0.05, 0) is 12.8 Å². The number of carbonyl (C=O) groups is 2. The second-order valence-electron chi connectivity index (χ2n) is 5.05. The highest BCUT2D eigenvalue weighted by Gasteiger charge is 2.17. The van der Waals surface area contributed by atoms with Gasteiger partial charge in [0.25, 0.3) is 0 Å². The average Bonchev–Trinajstić information content (AvgIpc) is 2.99. The zero-order chi connectivity index (χ0) is 16.2. The Morgan fingerprint density at radius 1 is 1.36 bits per heavy atom. The predicted octanol–water partition coefficient (Wildman–Crippen LogP) is 2.06. The van der Waals surface area contributed by atoms with Gasteiger partial charge in [-0.25, -0.2) is 0 Å². The van der Waals surface area contributed by atoms with Gasteiger partial charge in [-0.3, -0.25) is 9.59 Å². The molecule has 7 heteroatoms. The van der Waals surface area contributed by atoms with Crippen LogP contribution in [0.15, 0.2) is 16.9 Å². The number of hydrogen-bond acceptors (Lipinski definition) is 5. The number of nitrogens with one attached hydrogen (secondary N) is 1. The van der Waals surface area contributed by atoms with Gasteiger partial charge in [0.15, 0.2) is 5.82 Å². The van der Waals surface area contributed by atoms with Crippen LogP contribution in [-0.2, 0) is 14.3 Å². The summed E-state index contributed by atoms with van der Waals surface area (Å²) in [5.74, 6) is 0.0651. The summed E-state index contributed by atoms with van der Waals surface area (Å²) >= 11 is 0. The van der Waals surface area contributed by atoms with Gasteiger partial charge in [0.2, 0.25) is 11.8 Å². The van der Waals surface area contributed by atoms with Crippen LogP contribution < -0.4 is 5.32 Å². The number of aromatic nitrogens is 1. The van der Waals surface area contributed by atoms with E-state index in [1.807, 2.05) is 0 Å². The first-order valence-corrected chi connectivity index (χ1v) is 7.64. The Morgan fingerprint density at radius 3 is 2.82 bits per heavy atom. The van der Waals surface area contributed by atoms with E-state index >= 15 is 0 Å². The van der Waals surface area contributed by atoms with Crippen LogP contribution in [0.1, 0.15) is 39.0 Å². The van der Waals surface area contributed by atoms with Gasteiger partial charge in [0.05, 0.1) is 6.54 Å². The number of methoxy groups -OCH3 is 1. The molecular formula is C15H25N3O4. The molecule has 0 radical (unpaired) electrons. The van der Waals surface area contributed by atoms with E-state index in [1.165, 1.54) is 6.26 Å². The van der Waals surface area contributed by atoms with Crippen molar-refractivity contribution in [2.75, 3.05) is 32.1 Å². The van der Waals surface area contributed by atoms with Gasteiger partial charge in [0.1, 0.15) is 6.26 Å². The standard InChI is InChI=1S/C15H25N3O4/c1-3-4-5-7-15(20)18(9-6-10-21-2)12-14(19)16-13-8-11-22-17-13/h8,11H,3-7,9-10,12H2,1-2H3,(H,16,17,19). The molecular weight excluding hydrogens is 286 g/mol. The van der Waals surface area contributed by atoms with Crippen LogP contribution in [0.25, 0.3) is 0 Å². The van der Waals surface area contributed by atoms with Crippen molar-refractivity contribution in [2.24, 2.45) is 0 Å². The molecule has 0 saturated carbocycles. The molecule has 0 atom stereocenters. The molecule has 0 spiro atoms. The fourth-order valence-electron chi connectivity index (χ4n) is 2.01. The number of unbranched alkanes of at least 4 members (excludes halogenated alkanes) is 2. The third-order valence-corrected chi connectivity index (χ3v) is 3.16. The Morgan fingerprint density at radius 2 is 2.18 bits per heavy atom. The molecule has 1 rings (SSSR count). The number of carbonyl (C=O) groups excluding carboxylic acids is 2. The second-order valence-corrected chi connectivity index (χ2v) is 5.05. The fourth-order valence-corrected chi connectivity index (χ4v) is 2.01. The predicted molar refractivity (Wildman–Crippen MR) is 82.3 cm³/mol. The van der Waals surface area contributed by atoms with E-state index in [9.17, 15) is 9.59 Å². The van der Waals surface area contributed by atoms with Crippen molar-refractivity contribution in [3.8, 4) is 0 Å². The van der Waals surface area contributed by atoms with Crippen LogP contribution in [-0.4, -0.2) is 48.7 Å². The first-order chi connectivity index (χ1) is 10.7. The first kappa shape index (κ1) is 18.2. The summed E-state index contributed by atoms with van der Waals surface area (Å²) in [6, 6.07) is 1.55. The van der Waals surface area contributed by atoms with Crippen LogP contribution in [0.4, 0.5) is 5.82 Å². The van der Waals surface area contributed by atoms with Crippen LogP contribution in [0, 0.1) is 0 Å². The molecule has 0 aliphatic heterocycles. The van der Waals surface area contributed by atoms with Gasteiger partial charge in [-0.1, -0.05) is 24.9 Å². The summed E-state index contributed by atoms with van der Waals surface area (Å²) in [6.07, 6.45) is 5.47. The van der Waals surface area contributed by atoms with Crippen LogP contribution in [0.3, 0.4) is 0 Å². The van der Waals surface area contributed by atoms with Crippen LogP contribution in [0.2, 0.25) is 0 Å². The van der Waals surface area contributed by atoms with Gasteiger partial charge in [-0.15, -0.1) is 0 Å². The molecule has 0 aliphatic rings. The summed E-state index contributed by atoms with van der Waals surface area (Å²) in [7, 11) is 1.62. The Kier molecular flexibility index (Phi) is 8.90. The quantitative estimate of drug-likeness (QED) is 0.632. The highest BCUT2D eigenvalue weighted by molar-refractivity contribution is 5.93. The van der Waals surface area contributed by atoms with Crippen molar-refractivity contribution in [1.29, 1.82) is 0 Å². The van der Waals surface area contributed by atoms with E-state index in [4.69, 9.17) is 4.74 Å². The molecule has 0 aromatic carbocycles. The number of anilines is 1. The van der Waals surface area contributed by atoms with E-state index in [2.05, 4.69) is 21.9 Å². The molecule has 0 saturated heterocycles. The lowest BCUT2D eigenvalue weighted by Gasteiger charge is -2.22. The molecule has 1 N–H and O–H groups in total. The average molecular weight is 311 g/mol. The van der Waals surface area contributed by atoms with Gasteiger partial charge < -0.3 is 19.5 Å². The molecule has 0 unspecified atom stereocenters. The minimum Gasteiger partial charge on any atom is -0.385 e. The molecule has 0 aliphatic carbocycles. The second kappa shape index (κ2) is 10.8. The van der Waals surface area contributed by atoms with Crippen molar-refractivity contribution in [3.05, 3.63) is 12.3 Å². The summed E-state index contributed by atoms with van der Waals surface area (Å²) in [5.41, 5.74) is 0. The number of ether oxygens (including phenoxy) is 1. The van der Waals surface area contributed by atoms with Gasteiger partial charge in [-0.2, -0.15) is 0 Å². The molecule has 1 aromatic heterocycles. The van der Waals surface area contributed by atoms with Gasteiger partial charge >= 0.3 is 0 Å². The maximum absolute atomic E-state index is 12.2. The molecule has 7 nitrogen and oxygen atoms in total. The summed E-state index contributed by atoms with van der Waals surface area (Å²) in [6.45, 7) is 3.17. The number of nitrogens with zero attached hydrogens (tertiary/aromatic N) is 2. The number of hydrogen-bond donors (Lipinski definition) is 1. The third-order valence-electron chi connectivity index (χ3n) is 3.16. The third kappa shape index (κ3) is 7.21. The minimum absolute atomic E-state index is 0.000133. The Balaban J connectivity index is 2.48. The monoisotopic (exact) mass is 311 g/mol. The van der Waals surface area contributed by atoms with Crippen molar-refractivity contribution in [3.63, 3.8) is 0 Å².